The fraction of sp³-hybridized carbons (Fsp3) is 0.800. The molecule has 0 aromatic carbocycles. The second-order valence-corrected chi connectivity index (χ2v) is 4.29. The molecule has 1 atom stereocenters. The molecule has 0 bridgehead atoms. The van der Waals surface area contributed by atoms with Crippen LogP contribution in [-0.4, -0.2) is 36.0 Å². The van der Waals surface area contributed by atoms with Gasteiger partial charge in [0.2, 0.25) is 5.91 Å². The summed E-state index contributed by atoms with van der Waals surface area (Å²) in [5.41, 5.74) is 5.19. The van der Waals surface area contributed by atoms with Gasteiger partial charge in [0.15, 0.2) is 0 Å². The van der Waals surface area contributed by atoms with Gasteiger partial charge in [0.25, 0.3) is 0 Å². The number of carbonyl (C=O) groups is 2. The Bertz CT molecular complexity index is 253. The molecule has 1 aliphatic rings. The molecular weight excluding hydrogens is 194 g/mol. The summed E-state index contributed by atoms with van der Waals surface area (Å²) in [7, 11) is 0. The Kier molecular flexibility index (Phi) is 3.94. The van der Waals surface area contributed by atoms with Crippen molar-refractivity contribution in [3.63, 3.8) is 0 Å². The Labute approximate surface area is 90.0 Å². The van der Waals surface area contributed by atoms with Crippen LogP contribution in [0.5, 0.6) is 0 Å². The second kappa shape index (κ2) is 5.00. The average molecular weight is 213 g/mol. The topological polar surface area (TPSA) is 75.4 Å². The van der Waals surface area contributed by atoms with Crippen LogP contribution in [0.3, 0.4) is 0 Å². The van der Waals surface area contributed by atoms with Gasteiger partial charge in [0, 0.05) is 25.0 Å². The molecule has 0 aliphatic carbocycles. The van der Waals surface area contributed by atoms with Crippen molar-refractivity contribution in [2.75, 3.05) is 13.1 Å². The molecule has 1 rings (SSSR count). The summed E-state index contributed by atoms with van der Waals surface area (Å²) in [5, 5.41) is 2.91. The van der Waals surface area contributed by atoms with E-state index in [1.54, 1.807) is 4.90 Å². The van der Waals surface area contributed by atoms with Gasteiger partial charge >= 0.3 is 6.03 Å². The minimum Gasteiger partial charge on any atom is -0.351 e. The van der Waals surface area contributed by atoms with E-state index in [-0.39, 0.29) is 17.9 Å². The third-order valence-corrected chi connectivity index (χ3v) is 2.60. The summed E-state index contributed by atoms with van der Waals surface area (Å²) in [6.07, 6.45) is 1.81. The number of nitrogens with one attached hydrogen (secondary N) is 1. The molecule has 15 heavy (non-hydrogen) atoms. The fourth-order valence-corrected chi connectivity index (χ4v) is 1.66. The van der Waals surface area contributed by atoms with E-state index in [9.17, 15) is 9.59 Å². The Morgan fingerprint density at radius 3 is 2.67 bits per heavy atom. The van der Waals surface area contributed by atoms with Gasteiger partial charge in [-0.3, -0.25) is 4.79 Å². The van der Waals surface area contributed by atoms with E-state index < -0.39 is 6.03 Å². The second-order valence-electron chi connectivity index (χ2n) is 4.29. The molecular formula is C10H19N3O2. The summed E-state index contributed by atoms with van der Waals surface area (Å²) in [4.78, 5) is 24.0. The van der Waals surface area contributed by atoms with E-state index in [0.717, 1.165) is 12.8 Å². The first-order valence-corrected chi connectivity index (χ1v) is 5.35. The Morgan fingerprint density at radius 2 is 2.13 bits per heavy atom. The van der Waals surface area contributed by atoms with Crippen molar-refractivity contribution in [3.05, 3.63) is 0 Å². The lowest BCUT2D eigenvalue weighted by molar-refractivity contribution is -0.125. The number of amides is 3. The van der Waals surface area contributed by atoms with Crippen LogP contribution in [0.15, 0.2) is 0 Å². The van der Waals surface area contributed by atoms with Gasteiger partial charge in [-0.2, -0.15) is 0 Å². The molecule has 3 amide bonds. The molecule has 1 heterocycles. The van der Waals surface area contributed by atoms with Crippen LogP contribution >= 0.6 is 0 Å². The van der Waals surface area contributed by atoms with Gasteiger partial charge in [-0.15, -0.1) is 0 Å². The third kappa shape index (κ3) is 3.42. The monoisotopic (exact) mass is 213 g/mol. The smallest absolute Gasteiger partial charge is 0.314 e. The molecule has 1 fully saturated rings. The van der Waals surface area contributed by atoms with Crippen molar-refractivity contribution >= 4 is 11.9 Å². The van der Waals surface area contributed by atoms with Crippen molar-refractivity contribution in [2.24, 2.45) is 11.7 Å². The van der Waals surface area contributed by atoms with Crippen molar-refractivity contribution in [1.82, 2.24) is 10.2 Å². The standard InChI is InChI=1S/C10H19N3O2/c1-7(2)9(14)12-8-4-3-5-13(6-8)10(11)15/h7-8H,3-6H2,1-2H3,(H2,11,15)(H,12,14). The van der Waals surface area contributed by atoms with E-state index in [2.05, 4.69) is 5.32 Å². The van der Waals surface area contributed by atoms with E-state index in [1.807, 2.05) is 13.8 Å². The molecule has 5 heteroatoms. The molecule has 0 aromatic heterocycles. The number of urea groups is 1. The summed E-state index contributed by atoms with van der Waals surface area (Å²) < 4.78 is 0. The first-order chi connectivity index (χ1) is 7.00. The Morgan fingerprint density at radius 1 is 1.47 bits per heavy atom. The lowest BCUT2D eigenvalue weighted by atomic mass is 10.1. The largest absolute Gasteiger partial charge is 0.351 e. The predicted octanol–water partition coefficient (Wildman–Crippen LogP) is 0.302. The first kappa shape index (κ1) is 11.8. The Hall–Kier alpha value is -1.26. The summed E-state index contributed by atoms with van der Waals surface area (Å²) in [5.74, 6) is 0.0141. The number of primary amides is 1. The lowest BCUT2D eigenvalue weighted by Crippen LogP contribution is -2.51. The maximum Gasteiger partial charge on any atom is 0.314 e. The summed E-state index contributed by atoms with van der Waals surface area (Å²) >= 11 is 0. The van der Waals surface area contributed by atoms with Crippen LogP contribution in [0.4, 0.5) is 4.79 Å². The molecule has 3 N–H and O–H groups in total. The number of hydrogen-bond acceptors (Lipinski definition) is 2. The van der Waals surface area contributed by atoms with E-state index in [4.69, 9.17) is 5.73 Å². The average Bonchev–Trinajstić information content (AvgIpc) is 2.18. The minimum absolute atomic E-state index is 0.0195. The molecule has 0 spiro atoms. The molecule has 0 radical (unpaired) electrons. The highest BCUT2D eigenvalue weighted by atomic mass is 16.2. The number of nitrogens with zero attached hydrogens (tertiary/aromatic N) is 1. The maximum atomic E-state index is 11.4. The molecule has 1 saturated heterocycles. The fourth-order valence-electron chi connectivity index (χ4n) is 1.66. The number of carbonyl (C=O) groups excluding carboxylic acids is 2. The van der Waals surface area contributed by atoms with Gasteiger partial charge < -0.3 is 16.0 Å². The van der Waals surface area contributed by atoms with Gasteiger partial charge in [0.05, 0.1) is 0 Å². The van der Waals surface area contributed by atoms with Gasteiger partial charge in [-0.25, -0.2) is 4.79 Å². The number of likely N-dealkylation sites (tertiary alicyclic amines) is 1. The van der Waals surface area contributed by atoms with Gasteiger partial charge in [0.1, 0.15) is 0 Å². The predicted molar refractivity (Wildman–Crippen MR) is 57.2 cm³/mol. The first-order valence-electron chi connectivity index (χ1n) is 5.35. The van der Waals surface area contributed by atoms with Crippen molar-refractivity contribution < 1.29 is 9.59 Å². The number of hydrogen-bond donors (Lipinski definition) is 2. The van der Waals surface area contributed by atoms with Crippen LogP contribution in [-0.2, 0) is 4.79 Å². The SMILES string of the molecule is CC(C)C(=O)NC1CCCN(C(N)=O)C1. The van der Waals surface area contributed by atoms with Crippen LogP contribution in [0.1, 0.15) is 26.7 Å². The lowest BCUT2D eigenvalue weighted by Gasteiger charge is -2.32. The van der Waals surface area contributed by atoms with Gasteiger partial charge in [-0.05, 0) is 12.8 Å². The minimum atomic E-state index is -0.404. The summed E-state index contributed by atoms with van der Waals surface area (Å²) in [6, 6.07) is -0.348. The Balaban J connectivity index is 2.43. The quantitative estimate of drug-likeness (QED) is 0.692. The van der Waals surface area contributed by atoms with Crippen LogP contribution in [0.2, 0.25) is 0 Å². The number of rotatable bonds is 2. The number of piperidine rings is 1. The van der Waals surface area contributed by atoms with E-state index in [0.29, 0.717) is 13.1 Å². The highest BCUT2D eigenvalue weighted by molar-refractivity contribution is 5.78. The molecule has 5 nitrogen and oxygen atoms in total. The van der Waals surface area contributed by atoms with E-state index in [1.165, 1.54) is 0 Å². The van der Waals surface area contributed by atoms with Crippen molar-refractivity contribution in [1.29, 1.82) is 0 Å². The van der Waals surface area contributed by atoms with Crippen LogP contribution in [0, 0.1) is 5.92 Å². The highest BCUT2D eigenvalue weighted by Crippen LogP contribution is 2.10. The van der Waals surface area contributed by atoms with Crippen LogP contribution in [0.25, 0.3) is 0 Å². The zero-order chi connectivity index (χ0) is 11.4. The maximum absolute atomic E-state index is 11.4. The third-order valence-electron chi connectivity index (χ3n) is 2.60. The van der Waals surface area contributed by atoms with Crippen molar-refractivity contribution in [2.45, 2.75) is 32.7 Å². The van der Waals surface area contributed by atoms with Crippen molar-refractivity contribution in [3.8, 4) is 0 Å². The molecule has 1 aliphatic heterocycles. The van der Waals surface area contributed by atoms with E-state index >= 15 is 0 Å². The molecule has 0 aromatic rings. The molecule has 0 saturated carbocycles. The zero-order valence-electron chi connectivity index (χ0n) is 9.32. The molecule has 1 unspecified atom stereocenters. The summed E-state index contributed by atoms with van der Waals surface area (Å²) in [6.45, 7) is 4.94. The number of nitrogens with two attached hydrogens (primary N) is 1. The highest BCUT2D eigenvalue weighted by Gasteiger charge is 2.23. The normalized spacial score (nSPS) is 21.5. The zero-order valence-corrected chi connectivity index (χ0v) is 9.32. The molecule has 86 valence electrons. The van der Waals surface area contributed by atoms with Gasteiger partial charge in [-0.1, -0.05) is 13.8 Å². The van der Waals surface area contributed by atoms with Crippen LogP contribution < -0.4 is 11.1 Å².